The van der Waals surface area contributed by atoms with Gasteiger partial charge in [0.2, 0.25) is 0 Å². The van der Waals surface area contributed by atoms with Gasteiger partial charge in [0.1, 0.15) is 6.10 Å². The molecular weight excluding hydrogens is 258 g/mol. The maximum atomic E-state index is 12.1. The average molecular weight is 275 g/mol. The standard InChI is InChI=1S/C15H17NO4/c17-15(12-5-7-13(8-6-12)16(18)19)20-14-9-10-1-3-11(14)4-2-10/h5-8,10-11,14H,1-4,9H2. The first kappa shape index (κ1) is 13.1. The molecule has 3 fully saturated rings. The van der Waals surface area contributed by atoms with Crippen molar-refractivity contribution >= 4 is 11.7 Å². The van der Waals surface area contributed by atoms with Gasteiger partial charge in [0.05, 0.1) is 10.5 Å². The van der Waals surface area contributed by atoms with Gasteiger partial charge in [-0.2, -0.15) is 0 Å². The summed E-state index contributed by atoms with van der Waals surface area (Å²) >= 11 is 0. The van der Waals surface area contributed by atoms with Crippen molar-refractivity contribution in [1.29, 1.82) is 0 Å². The van der Waals surface area contributed by atoms with E-state index in [2.05, 4.69) is 0 Å². The molecule has 0 heterocycles. The molecule has 0 spiro atoms. The van der Waals surface area contributed by atoms with Crippen LogP contribution in [-0.2, 0) is 4.74 Å². The highest BCUT2D eigenvalue weighted by molar-refractivity contribution is 5.89. The van der Waals surface area contributed by atoms with E-state index >= 15 is 0 Å². The third-order valence-electron chi connectivity index (χ3n) is 4.56. The molecule has 3 aliphatic carbocycles. The first-order valence-corrected chi connectivity index (χ1v) is 7.09. The molecule has 0 saturated heterocycles. The first-order valence-electron chi connectivity index (χ1n) is 7.09. The Morgan fingerprint density at radius 3 is 2.30 bits per heavy atom. The molecule has 1 atom stereocenters. The van der Waals surface area contributed by atoms with E-state index in [9.17, 15) is 14.9 Å². The van der Waals surface area contributed by atoms with Crippen molar-refractivity contribution < 1.29 is 14.5 Å². The van der Waals surface area contributed by atoms with Gasteiger partial charge in [-0.3, -0.25) is 10.1 Å². The SMILES string of the molecule is O=C(OC1CC2CCC1CC2)c1ccc([N+](=O)[O-])cc1. The number of rotatable bonds is 3. The van der Waals surface area contributed by atoms with Crippen molar-refractivity contribution in [3.63, 3.8) is 0 Å². The Morgan fingerprint density at radius 1 is 1.15 bits per heavy atom. The highest BCUT2D eigenvalue weighted by atomic mass is 16.6. The number of fused-ring (bicyclic) bond motifs is 3. The van der Waals surface area contributed by atoms with Crippen LogP contribution in [-0.4, -0.2) is 17.0 Å². The summed E-state index contributed by atoms with van der Waals surface area (Å²) < 4.78 is 5.60. The third-order valence-corrected chi connectivity index (χ3v) is 4.56. The van der Waals surface area contributed by atoms with E-state index in [1.54, 1.807) is 0 Å². The number of carbonyl (C=O) groups excluding carboxylic acids is 1. The van der Waals surface area contributed by atoms with Crippen LogP contribution in [0.4, 0.5) is 5.69 Å². The van der Waals surface area contributed by atoms with Crippen LogP contribution in [0.1, 0.15) is 42.5 Å². The zero-order valence-electron chi connectivity index (χ0n) is 11.2. The summed E-state index contributed by atoms with van der Waals surface area (Å²) in [5.74, 6) is 0.842. The van der Waals surface area contributed by atoms with Crippen LogP contribution in [0, 0.1) is 22.0 Å². The van der Waals surface area contributed by atoms with Crippen molar-refractivity contribution in [1.82, 2.24) is 0 Å². The van der Waals surface area contributed by atoms with Crippen LogP contribution in [0.5, 0.6) is 0 Å². The Balaban J connectivity index is 1.65. The maximum absolute atomic E-state index is 12.1. The minimum absolute atomic E-state index is 0.0155. The smallest absolute Gasteiger partial charge is 0.338 e. The fraction of sp³-hybridized carbons (Fsp3) is 0.533. The van der Waals surface area contributed by atoms with Crippen LogP contribution >= 0.6 is 0 Å². The molecule has 3 aliphatic rings. The number of esters is 1. The number of nitro benzene ring substituents is 1. The number of nitro groups is 1. The molecule has 4 rings (SSSR count). The summed E-state index contributed by atoms with van der Waals surface area (Å²) in [6, 6.07) is 5.59. The average Bonchev–Trinajstić information content (AvgIpc) is 2.48. The summed E-state index contributed by atoms with van der Waals surface area (Å²) in [5, 5.41) is 10.6. The number of ether oxygens (including phenoxy) is 1. The van der Waals surface area contributed by atoms with Gasteiger partial charge >= 0.3 is 5.97 Å². The van der Waals surface area contributed by atoms with E-state index < -0.39 is 4.92 Å². The van der Waals surface area contributed by atoms with E-state index in [4.69, 9.17) is 4.74 Å². The number of hydrogen-bond acceptors (Lipinski definition) is 4. The highest BCUT2D eigenvalue weighted by Crippen LogP contribution is 2.42. The van der Waals surface area contributed by atoms with Crippen LogP contribution in [0.2, 0.25) is 0 Å². The van der Waals surface area contributed by atoms with E-state index in [1.165, 1.54) is 37.1 Å². The summed E-state index contributed by atoms with van der Waals surface area (Å²) in [6.45, 7) is 0. The van der Waals surface area contributed by atoms with Gasteiger partial charge in [-0.1, -0.05) is 0 Å². The van der Waals surface area contributed by atoms with Gasteiger partial charge in [0.25, 0.3) is 5.69 Å². The lowest BCUT2D eigenvalue weighted by molar-refractivity contribution is -0.384. The molecule has 5 heteroatoms. The van der Waals surface area contributed by atoms with Crippen molar-refractivity contribution in [2.24, 2.45) is 11.8 Å². The van der Waals surface area contributed by atoms with Crippen molar-refractivity contribution in [2.45, 2.75) is 38.2 Å². The second-order valence-corrected chi connectivity index (χ2v) is 5.76. The topological polar surface area (TPSA) is 69.4 Å². The molecular formula is C15H17NO4. The minimum Gasteiger partial charge on any atom is -0.458 e. The monoisotopic (exact) mass is 275 g/mol. The normalized spacial score (nSPS) is 28.1. The van der Waals surface area contributed by atoms with E-state index in [-0.39, 0.29) is 17.8 Å². The summed E-state index contributed by atoms with van der Waals surface area (Å²) in [4.78, 5) is 22.2. The number of nitrogens with zero attached hydrogens (tertiary/aromatic N) is 1. The molecule has 3 saturated carbocycles. The molecule has 1 aromatic carbocycles. The van der Waals surface area contributed by atoms with Crippen molar-refractivity contribution in [3.8, 4) is 0 Å². The number of benzene rings is 1. The summed E-state index contributed by atoms with van der Waals surface area (Å²) in [7, 11) is 0. The van der Waals surface area contributed by atoms with Crippen molar-refractivity contribution in [3.05, 3.63) is 39.9 Å². The fourth-order valence-electron chi connectivity index (χ4n) is 3.39. The Morgan fingerprint density at radius 2 is 1.80 bits per heavy atom. The predicted octanol–water partition coefficient (Wildman–Crippen LogP) is 3.33. The molecule has 1 unspecified atom stereocenters. The lowest BCUT2D eigenvalue weighted by atomic mass is 9.69. The van der Waals surface area contributed by atoms with Gasteiger partial charge < -0.3 is 4.74 Å². The molecule has 0 radical (unpaired) electrons. The highest BCUT2D eigenvalue weighted by Gasteiger charge is 2.37. The zero-order valence-corrected chi connectivity index (χ0v) is 11.2. The van der Waals surface area contributed by atoms with E-state index in [0.29, 0.717) is 17.4 Å². The van der Waals surface area contributed by atoms with E-state index in [1.807, 2.05) is 0 Å². The Hall–Kier alpha value is -1.91. The van der Waals surface area contributed by atoms with Crippen molar-refractivity contribution in [2.75, 3.05) is 0 Å². The molecule has 1 aromatic rings. The number of hydrogen-bond donors (Lipinski definition) is 0. The Bertz CT molecular complexity index is 517. The number of carbonyl (C=O) groups is 1. The lowest BCUT2D eigenvalue weighted by Crippen LogP contribution is -2.38. The van der Waals surface area contributed by atoms with E-state index in [0.717, 1.165) is 19.3 Å². The van der Waals surface area contributed by atoms with Gasteiger partial charge in [-0.05, 0) is 56.1 Å². The third kappa shape index (κ3) is 2.53. The van der Waals surface area contributed by atoms with Crippen LogP contribution in [0.15, 0.2) is 24.3 Å². The van der Waals surface area contributed by atoms with Gasteiger partial charge in [-0.15, -0.1) is 0 Å². The second kappa shape index (κ2) is 5.23. The van der Waals surface area contributed by atoms with Gasteiger partial charge in [0, 0.05) is 12.1 Å². The van der Waals surface area contributed by atoms with Crippen LogP contribution < -0.4 is 0 Å². The largest absolute Gasteiger partial charge is 0.458 e. The van der Waals surface area contributed by atoms with Crippen LogP contribution in [0.25, 0.3) is 0 Å². The molecule has 0 amide bonds. The van der Waals surface area contributed by atoms with Gasteiger partial charge in [0.15, 0.2) is 0 Å². The number of non-ortho nitro benzene ring substituents is 1. The molecule has 0 aliphatic heterocycles. The quantitative estimate of drug-likeness (QED) is 0.482. The predicted molar refractivity (Wildman–Crippen MR) is 72.4 cm³/mol. The second-order valence-electron chi connectivity index (χ2n) is 5.76. The maximum Gasteiger partial charge on any atom is 0.338 e. The van der Waals surface area contributed by atoms with Gasteiger partial charge in [-0.25, -0.2) is 4.79 Å². The Kier molecular flexibility index (Phi) is 3.42. The lowest BCUT2D eigenvalue weighted by Gasteiger charge is -2.41. The zero-order chi connectivity index (χ0) is 14.1. The van der Waals surface area contributed by atoms with Crippen LogP contribution in [0.3, 0.4) is 0 Å². The molecule has 2 bridgehead atoms. The summed E-state index contributed by atoms with van der Waals surface area (Å²) in [6.07, 6.45) is 5.84. The molecule has 20 heavy (non-hydrogen) atoms. The molecule has 0 aromatic heterocycles. The first-order chi connectivity index (χ1) is 9.63. The fourth-order valence-corrected chi connectivity index (χ4v) is 3.39. The minimum atomic E-state index is -0.477. The summed E-state index contributed by atoms with van der Waals surface area (Å²) in [5.41, 5.74) is 0.371. The Labute approximate surface area is 117 Å². The molecule has 106 valence electrons. The molecule has 5 nitrogen and oxygen atoms in total. The molecule has 0 N–H and O–H groups in total.